The number of thiazole rings is 1. The standard InChI is InChI=1S/C13H21N3OS/c1-10-5-3-4-7-16(10)8-6-14-13(17)12-11(2)15-9-18-12/h9-10H,3-8H2,1-2H3,(H,14,17). The van der Waals surface area contributed by atoms with Crippen LogP contribution in [0.4, 0.5) is 0 Å². The highest BCUT2D eigenvalue weighted by molar-refractivity contribution is 7.11. The number of nitrogens with zero attached hydrogens (tertiary/aromatic N) is 2. The predicted molar refractivity (Wildman–Crippen MR) is 74.1 cm³/mol. The lowest BCUT2D eigenvalue weighted by Crippen LogP contribution is -2.42. The molecular weight excluding hydrogens is 246 g/mol. The number of carbonyl (C=O) groups excluding carboxylic acids is 1. The topological polar surface area (TPSA) is 45.2 Å². The molecule has 1 aromatic heterocycles. The molecule has 5 heteroatoms. The number of aryl methyl sites for hydroxylation is 1. The van der Waals surface area contributed by atoms with Gasteiger partial charge < -0.3 is 5.32 Å². The summed E-state index contributed by atoms with van der Waals surface area (Å²) in [6, 6.07) is 0.654. The molecule has 2 heterocycles. The lowest BCUT2D eigenvalue weighted by molar-refractivity contribution is 0.0941. The molecule has 1 atom stereocenters. The zero-order valence-electron chi connectivity index (χ0n) is 11.1. The van der Waals surface area contributed by atoms with Gasteiger partial charge in [-0.3, -0.25) is 9.69 Å². The van der Waals surface area contributed by atoms with Crippen LogP contribution in [0.1, 0.15) is 41.6 Å². The van der Waals surface area contributed by atoms with E-state index in [1.165, 1.54) is 30.6 Å². The Balaban J connectivity index is 1.75. The third-order valence-corrected chi connectivity index (χ3v) is 4.50. The molecule has 1 aromatic rings. The zero-order chi connectivity index (χ0) is 13.0. The molecule has 100 valence electrons. The Bertz CT molecular complexity index is 405. The van der Waals surface area contributed by atoms with Crippen molar-refractivity contribution in [3.05, 3.63) is 16.1 Å². The van der Waals surface area contributed by atoms with Crippen molar-refractivity contribution in [1.29, 1.82) is 0 Å². The average molecular weight is 267 g/mol. The SMILES string of the molecule is Cc1ncsc1C(=O)NCCN1CCCCC1C. The molecule has 0 saturated carbocycles. The van der Waals surface area contributed by atoms with Crippen molar-refractivity contribution in [1.82, 2.24) is 15.2 Å². The second kappa shape index (κ2) is 6.29. The van der Waals surface area contributed by atoms with Gasteiger partial charge in [0.15, 0.2) is 0 Å². The number of nitrogens with one attached hydrogen (secondary N) is 1. The van der Waals surface area contributed by atoms with Gasteiger partial charge in [-0.2, -0.15) is 0 Å². The highest BCUT2D eigenvalue weighted by Gasteiger charge is 2.18. The summed E-state index contributed by atoms with van der Waals surface area (Å²) >= 11 is 1.41. The van der Waals surface area contributed by atoms with E-state index in [0.29, 0.717) is 6.04 Å². The van der Waals surface area contributed by atoms with Crippen LogP contribution in [-0.2, 0) is 0 Å². The molecule has 0 spiro atoms. The molecule has 18 heavy (non-hydrogen) atoms. The Hall–Kier alpha value is -0.940. The summed E-state index contributed by atoms with van der Waals surface area (Å²) in [5, 5.41) is 2.98. The van der Waals surface area contributed by atoms with E-state index in [-0.39, 0.29) is 5.91 Å². The molecule has 1 saturated heterocycles. The quantitative estimate of drug-likeness (QED) is 0.908. The Kier molecular flexibility index (Phi) is 4.72. The van der Waals surface area contributed by atoms with Gasteiger partial charge in [0.25, 0.3) is 5.91 Å². The van der Waals surface area contributed by atoms with Gasteiger partial charge in [-0.25, -0.2) is 4.98 Å². The average Bonchev–Trinajstić information content (AvgIpc) is 2.78. The maximum atomic E-state index is 11.9. The van der Waals surface area contributed by atoms with Crippen molar-refractivity contribution >= 4 is 17.2 Å². The van der Waals surface area contributed by atoms with E-state index in [0.717, 1.165) is 30.2 Å². The van der Waals surface area contributed by atoms with E-state index in [1.807, 2.05) is 6.92 Å². The first-order valence-electron chi connectivity index (χ1n) is 6.61. The fraction of sp³-hybridized carbons (Fsp3) is 0.692. The van der Waals surface area contributed by atoms with Gasteiger partial charge in [-0.05, 0) is 33.2 Å². The highest BCUT2D eigenvalue weighted by atomic mass is 32.1. The molecule has 1 unspecified atom stereocenters. The number of carbonyl (C=O) groups is 1. The molecule has 1 amide bonds. The molecule has 2 rings (SSSR count). The number of rotatable bonds is 4. The molecule has 0 bridgehead atoms. The van der Waals surface area contributed by atoms with Crippen LogP contribution in [0.3, 0.4) is 0 Å². The summed E-state index contributed by atoms with van der Waals surface area (Å²) in [5.41, 5.74) is 2.54. The first-order chi connectivity index (χ1) is 8.68. The van der Waals surface area contributed by atoms with Crippen LogP contribution in [0.2, 0.25) is 0 Å². The van der Waals surface area contributed by atoms with Crippen LogP contribution in [0.25, 0.3) is 0 Å². The van der Waals surface area contributed by atoms with Crippen LogP contribution in [0, 0.1) is 6.92 Å². The first kappa shape index (κ1) is 13.5. The largest absolute Gasteiger partial charge is 0.350 e. The maximum absolute atomic E-state index is 11.9. The third-order valence-electron chi connectivity index (χ3n) is 3.58. The summed E-state index contributed by atoms with van der Waals surface area (Å²) in [7, 11) is 0. The van der Waals surface area contributed by atoms with Gasteiger partial charge in [-0.15, -0.1) is 11.3 Å². The molecular formula is C13H21N3OS. The monoisotopic (exact) mass is 267 g/mol. The van der Waals surface area contributed by atoms with Gasteiger partial charge in [0.05, 0.1) is 11.2 Å². The Labute approximate surface area is 112 Å². The molecule has 1 aliphatic heterocycles. The lowest BCUT2D eigenvalue weighted by Gasteiger charge is -2.33. The summed E-state index contributed by atoms with van der Waals surface area (Å²) in [4.78, 5) is 19.2. The first-order valence-corrected chi connectivity index (χ1v) is 7.49. The van der Waals surface area contributed by atoms with Crippen molar-refractivity contribution in [3.8, 4) is 0 Å². The van der Waals surface area contributed by atoms with Gasteiger partial charge in [0.1, 0.15) is 4.88 Å². The molecule has 1 fully saturated rings. The lowest BCUT2D eigenvalue weighted by atomic mass is 10.0. The fourth-order valence-corrected chi connectivity index (χ4v) is 3.12. The number of hydrogen-bond donors (Lipinski definition) is 1. The molecule has 0 aromatic carbocycles. The van der Waals surface area contributed by atoms with Crippen LogP contribution >= 0.6 is 11.3 Å². The van der Waals surface area contributed by atoms with E-state index in [4.69, 9.17) is 0 Å². The number of aromatic nitrogens is 1. The minimum atomic E-state index is 0.0136. The number of piperidine rings is 1. The van der Waals surface area contributed by atoms with Crippen LogP contribution in [-0.4, -0.2) is 41.5 Å². The smallest absolute Gasteiger partial charge is 0.263 e. The van der Waals surface area contributed by atoms with Gasteiger partial charge >= 0.3 is 0 Å². The molecule has 4 nitrogen and oxygen atoms in total. The fourth-order valence-electron chi connectivity index (χ4n) is 2.40. The van der Waals surface area contributed by atoms with Crippen molar-refractivity contribution in [2.24, 2.45) is 0 Å². The zero-order valence-corrected chi connectivity index (χ0v) is 11.9. The molecule has 1 N–H and O–H groups in total. The van der Waals surface area contributed by atoms with Crippen molar-refractivity contribution in [2.75, 3.05) is 19.6 Å². The highest BCUT2D eigenvalue weighted by Crippen LogP contribution is 2.15. The molecule has 0 radical (unpaired) electrons. The van der Waals surface area contributed by atoms with Crippen LogP contribution in [0.5, 0.6) is 0 Å². The van der Waals surface area contributed by atoms with Gasteiger partial charge in [0.2, 0.25) is 0 Å². The molecule has 1 aliphatic rings. The van der Waals surface area contributed by atoms with Crippen molar-refractivity contribution in [2.45, 2.75) is 39.2 Å². The second-order valence-corrected chi connectivity index (χ2v) is 5.76. The van der Waals surface area contributed by atoms with Crippen LogP contribution < -0.4 is 5.32 Å². The second-order valence-electron chi connectivity index (χ2n) is 4.90. The van der Waals surface area contributed by atoms with Crippen molar-refractivity contribution in [3.63, 3.8) is 0 Å². The minimum Gasteiger partial charge on any atom is -0.350 e. The number of amides is 1. The van der Waals surface area contributed by atoms with E-state index in [2.05, 4.69) is 22.1 Å². The van der Waals surface area contributed by atoms with Crippen LogP contribution in [0.15, 0.2) is 5.51 Å². The third kappa shape index (κ3) is 3.29. The number of hydrogen-bond acceptors (Lipinski definition) is 4. The molecule has 0 aliphatic carbocycles. The van der Waals surface area contributed by atoms with Crippen molar-refractivity contribution < 1.29 is 4.79 Å². The minimum absolute atomic E-state index is 0.0136. The Morgan fingerprint density at radius 3 is 3.11 bits per heavy atom. The summed E-state index contributed by atoms with van der Waals surface area (Å²) in [6.07, 6.45) is 3.90. The van der Waals surface area contributed by atoms with E-state index < -0.39 is 0 Å². The number of likely N-dealkylation sites (tertiary alicyclic amines) is 1. The summed E-state index contributed by atoms with van der Waals surface area (Å²) in [6.45, 7) is 6.98. The summed E-state index contributed by atoms with van der Waals surface area (Å²) in [5.74, 6) is 0.0136. The Morgan fingerprint density at radius 2 is 2.44 bits per heavy atom. The van der Waals surface area contributed by atoms with E-state index in [1.54, 1.807) is 5.51 Å². The normalized spacial score (nSPS) is 20.9. The van der Waals surface area contributed by atoms with E-state index >= 15 is 0 Å². The Morgan fingerprint density at radius 1 is 1.61 bits per heavy atom. The predicted octanol–water partition coefficient (Wildman–Crippen LogP) is 2.06. The van der Waals surface area contributed by atoms with E-state index in [9.17, 15) is 4.79 Å². The van der Waals surface area contributed by atoms with Gasteiger partial charge in [0, 0.05) is 19.1 Å². The maximum Gasteiger partial charge on any atom is 0.263 e. The summed E-state index contributed by atoms with van der Waals surface area (Å²) < 4.78 is 0. The van der Waals surface area contributed by atoms with Gasteiger partial charge in [-0.1, -0.05) is 6.42 Å².